The van der Waals surface area contributed by atoms with E-state index < -0.39 is 0 Å². The molecule has 122 valence electrons. The van der Waals surface area contributed by atoms with Crippen molar-refractivity contribution in [2.45, 2.75) is 45.6 Å². The highest BCUT2D eigenvalue weighted by Gasteiger charge is 2.39. The summed E-state index contributed by atoms with van der Waals surface area (Å²) in [4.78, 5) is 0. The van der Waals surface area contributed by atoms with Gasteiger partial charge in [0.2, 0.25) is 0 Å². The Labute approximate surface area is 144 Å². The maximum absolute atomic E-state index is 6.61. The van der Waals surface area contributed by atoms with Gasteiger partial charge >= 0.3 is 0 Å². The summed E-state index contributed by atoms with van der Waals surface area (Å²) in [6, 6.07) is 14.4. The number of benzene rings is 2. The number of halogens is 1. The van der Waals surface area contributed by atoms with Crippen molar-refractivity contribution < 1.29 is 0 Å². The molecule has 2 nitrogen and oxygen atoms in total. The lowest BCUT2D eigenvalue weighted by molar-refractivity contribution is 0.284. The van der Waals surface area contributed by atoms with Crippen LogP contribution in [-0.4, -0.2) is 5.54 Å². The van der Waals surface area contributed by atoms with Crippen LogP contribution in [0.3, 0.4) is 0 Å². The Balaban J connectivity index is 1.99. The fraction of sp³-hybridized carbons (Fsp3) is 0.400. The minimum Gasteiger partial charge on any atom is -0.378 e. The first-order valence-corrected chi connectivity index (χ1v) is 8.76. The SMILES string of the molecule is CCC1(C)Nc2c(Cl)cc(Nc3ccccc3)cc2C(C)C1C. The molecule has 1 heterocycles. The Hall–Kier alpha value is -1.67. The van der Waals surface area contributed by atoms with Crippen LogP contribution in [0.4, 0.5) is 17.1 Å². The number of hydrogen-bond donors (Lipinski definition) is 2. The molecule has 3 heteroatoms. The number of nitrogens with one attached hydrogen (secondary N) is 2. The van der Waals surface area contributed by atoms with Gasteiger partial charge in [-0.15, -0.1) is 0 Å². The van der Waals surface area contributed by atoms with E-state index in [4.69, 9.17) is 11.6 Å². The summed E-state index contributed by atoms with van der Waals surface area (Å²) >= 11 is 6.61. The third-order valence-corrected chi connectivity index (χ3v) is 5.87. The Kier molecular flexibility index (Phi) is 4.29. The first kappa shape index (κ1) is 16.2. The minimum absolute atomic E-state index is 0.0877. The first-order valence-electron chi connectivity index (χ1n) is 8.38. The summed E-state index contributed by atoms with van der Waals surface area (Å²) in [5.41, 5.74) is 4.60. The van der Waals surface area contributed by atoms with Gasteiger partial charge < -0.3 is 10.6 Å². The maximum atomic E-state index is 6.61. The fourth-order valence-corrected chi connectivity index (χ4v) is 3.78. The van der Waals surface area contributed by atoms with E-state index in [9.17, 15) is 0 Å². The van der Waals surface area contributed by atoms with Crippen LogP contribution >= 0.6 is 11.6 Å². The quantitative estimate of drug-likeness (QED) is 0.679. The predicted molar refractivity (Wildman–Crippen MR) is 101 cm³/mol. The van der Waals surface area contributed by atoms with Gasteiger partial charge in [-0.25, -0.2) is 0 Å². The maximum Gasteiger partial charge on any atom is 0.0661 e. The Morgan fingerprint density at radius 3 is 2.48 bits per heavy atom. The van der Waals surface area contributed by atoms with E-state index in [2.05, 4.69) is 56.5 Å². The molecule has 3 unspecified atom stereocenters. The van der Waals surface area contributed by atoms with Gasteiger partial charge in [0, 0.05) is 16.9 Å². The zero-order valence-corrected chi connectivity index (χ0v) is 15.0. The number of fused-ring (bicyclic) bond motifs is 1. The molecule has 0 fully saturated rings. The van der Waals surface area contributed by atoms with Crippen LogP contribution in [0.1, 0.15) is 45.6 Å². The lowest BCUT2D eigenvalue weighted by Gasteiger charge is -2.46. The summed E-state index contributed by atoms with van der Waals surface area (Å²) in [5, 5.41) is 7.95. The van der Waals surface area contributed by atoms with Crippen molar-refractivity contribution in [1.29, 1.82) is 0 Å². The van der Waals surface area contributed by atoms with Gasteiger partial charge in [-0.3, -0.25) is 0 Å². The highest BCUT2D eigenvalue weighted by molar-refractivity contribution is 6.33. The standard InChI is InChI=1S/C20H25ClN2/c1-5-20(4)14(3)13(2)17-11-16(12-18(21)19(17)23-20)22-15-9-7-6-8-10-15/h6-14,22-23H,5H2,1-4H3. The molecule has 0 saturated heterocycles. The molecule has 0 aromatic heterocycles. The van der Waals surface area contributed by atoms with Crippen molar-refractivity contribution in [2.24, 2.45) is 5.92 Å². The Morgan fingerprint density at radius 1 is 1.13 bits per heavy atom. The molecule has 2 N–H and O–H groups in total. The monoisotopic (exact) mass is 328 g/mol. The molecule has 0 aliphatic carbocycles. The van der Waals surface area contributed by atoms with Crippen molar-refractivity contribution in [3.05, 3.63) is 53.1 Å². The van der Waals surface area contributed by atoms with E-state index in [0.717, 1.165) is 28.5 Å². The second-order valence-corrected chi connectivity index (χ2v) is 7.29. The highest BCUT2D eigenvalue weighted by Crippen LogP contribution is 2.48. The molecule has 23 heavy (non-hydrogen) atoms. The van der Waals surface area contributed by atoms with Gasteiger partial charge in [0.05, 0.1) is 10.7 Å². The summed E-state index contributed by atoms with van der Waals surface area (Å²) in [7, 11) is 0. The molecule has 2 aromatic rings. The molecule has 1 aliphatic rings. The van der Waals surface area contributed by atoms with Crippen LogP contribution in [0, 0.1) is 5.92 Å². The predicted octanol–water partition coefficient (Wildman–Crippen LogP) is 6.42. The number of hydrogen-bond acceptors (Lipinski definition) is 2. The molecule has 1 aliphatic heterocycles. The molecular formula is C20H25ClN2. The van der Waals surface area contributed by atoms with Crippen LogP contribution in [0.2, 0.25) is 5.02 Å². The van der Waals surface area contributed by atoms with Gasteiger partial charge in [-0.1, -0.05) is 50.6 Å². The Morgan fingerprint density at radius 2 is 1.83 bits per heavy atom. The Bertz CT molecular complexity index is 698. The summed E-state index contributed by atoms with van der Waals surface area (Å²) < 4.78 is 0. The summed E-state index contributed by atoms with van der Waals surface area (Å²) in [6.07, 6.45) is 1.08. The van der Waals surface area contributed by atoms with E-state index in [1.807, 2.05) is 24.3 Å². The first-order chi connectivity index (χ1) is 10.9. The van der Waals surface area contributed by atoms with Crippen molar-refractivity contribution in [1.82, 2.24) is 0 Å². The number of anilines is 3. The average molecular weight is 329 g/mol. The number of rotatable bonds is 3. The van der Waals surface area contributed by atoms with Gasteiger partial charge in [0.15, 0.2) is 0 Å². The molecule has 3 rings (SSSR count). The zero-order chi connectivity index (χ0) is 16.6. The van der Waals surface area contributed by atoms with Crippen LogP contribution in [0.15, 0.2) is 42.5 Å². The number of para-hydroxylation sites is 1. The summed E-state index contributed by atoms with van der Waals surface area (Å²) in [5.74, 6) is 1.01. The third kappa shape index (κ3) is 2.92. The summed E-state index contributed by atoms with van der Waals surface area (Å²) in [6.45, 7) is 9.17. The highest BCUT2D eigenvalue weighted by atomic mass is 35.5. The van der Waals surface area contributed by atoms with Crippen molar-refractivity contribution in [3.8, 4) is 0 Å². The van der Waals surface area contributed by atoms with Crippen molar-refractivity contribution in [2.75, 3.05) is 10.6 Å². The van der Waals surface area contributed by atoms with Crippen molar-refractivity contribution >= 4 is 28.7 Å². The smallest absolute Gasteiger partial charge is 0.0661 e. The van der Waals surface area contributed by atoms with Crippen LogP contribution in [-0.2, 0) is 0 Å². The van der Waals surface area contributed by atoms with E-state index >= 15 is 0 Å². The van der Waals surface area contributed by atoms with Crippen LogP contribution in [0.5, 0.6) is 0 Å². The lowest BCUT2D eigenvalue weighted by Crippen LogP contribution is -2.46. The molecule has 2 aromatic carbocycles. The topological polar surface area (TPSA) is 24.1 Å². The van der Waals surface area contributed by atoms with E-state index in [-0.39, 0.29) is 5.54 Å². The molecule has 0 radical (unpaired) electrons. The van der Waals surface area contributed by atoms with Gasteiger partial charge in [-0.2, -0.15) is 0 Å². The van der Waals surface area contributed by atoms with Crippen LogP contribution < -0.4 is 10.6 Å². The van der Waals surface area contributed by atoms with Gasteiger partial charge in [-0.05, 0) is 55.0 Å². The minimum atomic E-state index is 0.0877. The normalized spacial score (nSPS) is 26.3. The molecule has 0 saturated carbocycles. The van der Waals surface area contributed by atoms with E-state index in [1.54, 1.807) is 0 Å². The third-order valence-electron chi connectivity index (χ3n) is 5.57. The molecule has 0 spiro atoms. The van der Waals surface area contributed by atoms with Gasteiger partial charge in [0.25, 0.3) is 0 Å². The van der Waals surface area contributed by atoms with E-state index in [0.29, 0.717) is 11.8 Å². The molecular weight excluding hydrogens is 304 g/mol. The second-order valence-electron chi connectivity index (χ2n) is 6.89. The molecule has 3 atom stereocenters. The van der Waals surface area contributed by atoms with E-state index in [1.165, 1.54) is 5.56 Å². The fourth-order valence-electron chi connectivity index (χ4n) is 3.51. The molecule has 0 amide bonds. The van der Waals surface area contributed by atoms with Crippen molar-refractivity contribution in [3.63, 3.8) is 0 Å². The second kappa shape index (κ2) is 6.09. The van der Waals surface area contributed by atoms with Gasteiger partial charge in [0.1, 0.15) is 0 Å². The molecule has 0 bridgehead atoms. The van der Waals surface area contributed by atoms with Crippen LogP contribution in [0.25, 0.3) is 0 Å². The zero-order valence-electron chi connectivity index (χ0n) is 14.3. The lowest BCUT2D eigenvalue weighted by atomic mass is 9.71. The largest absolute Gasteiger partial charge is 0.378 e. The average Bonchev–Trinajstić information content (AvgIpc) is 2.55.